The largest absolute Gasteiger partial charge is 0.493 e. The molecule has 102 valence electrons. The lowest BCUT2D eigenvalue weighted by atomic mass is 10.2. The van der Waals surface area contributed by atoms with E-state index in [-0.39, 0.29) is 13.2 Å². The molecule has 0 bridgehead atoms. The lowest BCUT2D eigenvalue weighted by molar-refractivity contribution is 0.0532. The van der Waals surface area contributed by atoms with Gasteiger partial charge in [0.15, 0.2) is 0 Å². The van der Waals surface area contributed by atoms with Crippen LogP contribution in [0.5, 0.6) is 11.5 Å². The molecule has 0 heterocycles. The summed E-state index contributed by atoms with van der Waals surface area (Å²) in [5.41, 5.74) is 6.44. The van der Waals surface area contributed by atoms with E-state index in [1.165, 1.54) is 0 Å². The highest BCUT2D eigenvalue weighted by Crippen LogP contribution is 2.25. The lowest BCUT2D eigenvalue weighted by Crippen LogP contribution is -2.21. The molecule has 5 nitrogen and oxygen atoms in total. The SMILES string of the molecule is CCCOc1ccc(CN)c(OCC(O)CO)c1. The minimum Gasteiger partial charge on any atom is -0.493 e. The van der Waals surface area contributed by atoms with Crippen molar-refractivity contribution in [2.45, 2.75) is 26.0 Å². The first-order chi connectivity index (χ1) is 8.71. The molecule has 0 radical (unpaired) electrons. The summed E-state index contributed by atoms with van der Waals surface area (Å²) in [7, 11) is 0. The molecule has 5 heteroatoms. The number of hydrogen-bond acceptors (Lipinski definition) is 5. The van der Waals surface area contributed by atoms with E-state index in [1.807, 2.05) is 19.1 Å². The van der Waals surface area contributed by atoms with Crippen LogP contribution in [0.2, 0.25) is 0 Å². The number of benzene rings is 1. The zero-order valence-corrected chi connectivity index (χ0v) is 10.6. The van der Waals surface area contributed by atoms with E-state index in [1.54, 1.807) is 6.07 Å². The third-order valence-electron chi connectivity index (χ3n) is 2.37. The molecule has 0 saturated heterocycles. The maximum absolute atomic E-state index is 9.26. The van der Waals surface area contributed by atoms with E-state index in [0.717, 1.165) is 12.0 Å². The Morgan fingerprint density at radius 3 is 2.72 bits per heavy atom. The average molecular weight is 255 g/mol. The van der Waals surface area contributed by atoms with Crippen molar-refractivity contribution in [3.63, 3.8) is 0 Å². The normalized spacial score (nSPS) is 12.2. The zero-order valence-electron chi connectivity index (χ0n) is 10.6. The highest BCUT2D eigenvalue weighted by molar-refractivity contribution is 5.40. The fourth-order valence-corrected chi connectivity index (χ4v) is 1.39. The van der Waals surface area contributed by atoms with E-state index in [0.29, 0.717) is 24.7 Å². The van der Waals surface area contributed by atoms with Gasteiger partial charge in [-0.15, -0.1) is 0 Å². The van der Waals surface area contributed by atoms with E-state index in [9.17, 15) is 5.11 Å². The second-order valence-electron chi connectivity index (χ2n) is 3.97. The predicted octanol–water partition coefficient (Wildman–Crippen LogP) is 0.666. The smallest absolute Gasteiger partial charge is 0.127 e. The first-order valence-electron chi connectivity index (χ1n) is 6.08. The molecule has 1 aromatic carbocycles. The second kappa shape index (κ2) is 7.92. The molecule has 1 aromatic rings. The monoisotopic (exact) mass is 255 g/mol. The fraction of sp³-hybridized carbons (Fsp3) is 0.538. The standard InChI is InChI=1S/C13H21NO4/c1-2-5-17-12-4-3-10(7-14)13(6-12)18-9-11(16)8-15/h3-4,6,11,15-16H,2,5,7-9,14H2,1H3. The van der Waals surface area contributed by atoms with Crippen LogP contribution < -0.4 is 15.2 Å². The first kappa shape index (κ1) is 14.8. The number of rotatable bonds is 8. The maximum atomic E-state index is 9.26. The molecular weight excluding hydrogens is 234 g/mol. The van der Waals surface area contributed by atoms with Crippen LogP contribution >= 0.6 is 0 Å². The van der Waals surface area contributed by atoms with Crippen LogP contribution in [0.4, 0.5) is 0 Å². The van der Waals surface area contributed by atoms with Crippen LogP contribution in [-0.2, 0) is 6.54 Å². The molecule has 0 amide bonds. The average Bonchev–Trinajstić information content (AvgIpc) is 2.42. The summed E-state index contributed by atoms with van der Waals surface area (Å²) < 4.78 is 10.9. The number of aliphatic hydroxyl groups is 2. The summed E-state index contributed by atoms with van der Waals surface area (Å²) in [6.07, 6.45) is 0.0359. The van der Waals surface area contributed by atoms with Gasteiger partial charge in [-0.05, 0) is 12.5 Å². The van der Waals surface area contributed by atoms with Crippen LogP contribution in [0.25, 0.3) is 0 Å². The maximum Gasteiger partial charge on any atom is 0.127 e. The molecule has 0 saturated carbocycles. The van der Waals surface area contributed by atoms with Crippen LogP contribution in [0, 0.1) is 0 Å². The fourth-order valence-electron chi connectivity index (χ4n) is 1.39. The first-order valence-corrected chi connectivity index (χ1v) is 6.08. The number of hydrogen-bond donors (Lipinski definition) is 3. The number of nitrogens with two attached hydrogens (primary N) is 1. The molecule has 1 atom stereocenters. The topological polar surface area (TPSA) is 84.9 Å². The Morgan fingerprint density at radius 2 is 2.11 bits per heavy atom. The van der Waals surface area contributed by atoms with E-state index in [2.05, 4.69) is 0 Å². The van der Waals surface area contributed by atoms with Gasteiger partial charge < -0.3 is 25.4 Å². The van der Waals surface area contributed by atoms with Crippen molar-refractivity contribution >= 4 is 0 Å². The number of aliphatic hydroxyl groups excluding tert-OH is 2. The van der Waals surface area contributed by atoms with Crippen LogP contribution in [0.1, 0.15) is 18.9 Å². The predicted molar refractivity (Wildman–Crippen MR) is 68.7 cm³/mol. The van der Waals surface area contributed by atoms with E-state index in [4.69, 9.17) is 20.3 Å². The lowest BCUT2D eigenvalue weighted by Gasteiger charge is -2.14. The number of ether oxygens (including phenoxy) is 2. The van der Waals surface area contributed by atoms with Crippen molar-refractivity contribution in [3.8, 4) is 11.5 Å². The van der Waals surface area contributed by atoms with Gasteiger partial charge in [-0.2, -0.15) is 0 Å². The third-order valence-corrected chi connectivity index (χ3v) is 2.37. The summed E-state index contributed by atoms with van der Waals surface area (Å²) in [4.78, 5) is 0. The molecule has 0 fully saturated rings. The molecule has 18 heavy (non-hydrogen) atoms. The molecule has 1 rings (SSSR count). The van der Waals surface area contributed by atoms with Gasteiger partial charge in [0, 0.05) is 18.2 Å². The van der Waals surface area contributed by atoms with Gasteiger partial charge in [-0.1, -0.05) is 13.0 Å². The Balaban J connectivity index is 2.71. The third kappa shape index (κ3) is 4.52. The quantitative estimate of drug-likeness (QED) is 0.635. The molecule has 0 spiro atoms. The second-order valence-corrected chi connectivity index (χ2v) is 3.97. The Morgan fingerprint density at radius 1 is 1.33 bits per heavy atom. The summed E-state index contributed by atoms with van der Waals surface area (Å²) >= 11 is 0. The molecule has 0 aromatic heterocycles. The molecule has 0 aliphatic heterocycles. The van der Waals surface area contributed by atoms with Crippen molar-refractivity contribution in [3.05, 3.63) is 23.8 Å². The van der Waals surface area contributed by atoms with Crippen molar-refractivity contribution in [2.75, 3.05) is 19.8 Å². The molecule has 1 unspecified atom stereocenters. The summed E-state index contributed by atoms with van der Waals surface area (Å²) in [6, 6.07) is 5.43. The van der Waals surface area contributed by atoms with Gasteiger partial charge >= 0.3 is 0 Å². The molecule has 0 aliphatic carbocycles. The van der Waals surface area contributed by atoms with Crippen LogP contribution in [-0.4, -0.2) is 36.1 Å². The Bertz CT molecular complexity index is 357. The minimum atomic E-state index is -0.893. The summed E-state index contributed by atoms with van der Waals surface area (Å²) in [6.45, 7) is 2.72. The summed E-state index contributed by atoms with van der Waals surface area (Å²) in [5, 5.41) is 18.0. The van der Waals surface area contributed by atoms with E-state index >= 15 is 0 Å². The Labute approximate surface area is 107 Å². The van der Waals surface area contributed by atoms with Gasteiger partial charge in [0.2, 0.25) is 0 Å². The summed E-state index contributed by atoms with van der Waals surface area (Å²) in [5.74, 6) is 1.29. The van der Waals surface area contributed by atoms with Gasteiger partial charge in [0.05, 0.1) is 13.2 Å². The Kier molecular flexibility index (Phi) is 6.49. The highest BCUT2D eigenvalue weighted by Gasteiger charge is 2.08. The van der Waals surface area contributed by atoms with Gasteiger partial charge in [-0.3, -0.25) is 0 Å². The van der Waals surface area contributed by atoms with Crippen molar-refractivity contribution < 1.29 is 19.7 Å². The Hall–Kier alpha value is -1.30. The van der Waals surface area contributed by atoms with E-state index < -0.39 is 6.10 Å². The molecule has 0 aliphatic rings. The van der Waals surface area contributed by atoms with Crippen LogP contribution in [0.3, 0.4) is 0 Å². The van der Waals surface area contributed by atoms with Crippen molar-refractivity contribution in [1.82, 2.24) is 0 Å². The van der Waals surface area contributed by atoms with Crippen molar-refractivity contribution in [1.29, 1.82) is 0 Å². The van der Waals surface area contributed by atoms with Gasteiger partial charge in [-0.25, -0.2) is 0 Å². The van der Waals surface area contributed by atoms with Crippen LogP contribution in [0.15, 0.2) is 18.2 Å². The zero-order chi connectivity index (χ0) is 13.4. The molecular formula is C13H21NO4. The van der Waals surface area contributed by atoms with Gasteiger partial charge in [0.25, 0.3) is 0 Å². The van der Waals surface area contributed by atoms with Crippen molar-refractivity contribution in [2.24, 2.45) is 5.73 Å². The molecule has 4 N–H and O–H groups in total. The van der Waals surface area contributed by atoms with Gasteiger partial charge in [0.1, 0.15) is 24.2 Å². The highest BCUT2D eigenvalue weighted by atomic mass is 16.5. The minimum absolute atomic E-state index is 0.0285.